The van der Waals surface area contributed by atoms with Gasteiger partial charge in [-0.05, 0) is 32.3 Å². The van der Waals surface area contributed by atoms with Crippen molar-refractivity contribution in [2.24, 2.45) is 5.11 Å². The molecule has 0 aliphatic rings. The second-order valence-corrected chi connectivity index (χ2v) is 4.66. The number of rotatable bonds is 8. The second kappa shape index (κ2) is 8.47. The Morgan fingerprint density at radius 1 is 1.74 bits per heavy atom. The van der Waals surface area contributed by atoms with Crippen molar-refractivity contribution in [1.82, 2.24) is 10.3 Å². The van der Waals surface area contributed by atoms with Gasteiger partial charge in [0, 0.05) is 22.5 Å². The number of hydrogen-bond acceptors (Lipinski definition) is 6. The molecule has 1 N–H and O–H groups in total. The maximum absolute atomic E-state index is 11.9. The van der Waals surface area contributed by atoms with E-state index in [0.29, 0.717) is 31.1 Å². The Kier molecular flexibility index (Phi) is 6.88. The maximum atomic E-state index is 11.9. The molecule has 0 saturated carbocycles. The fourth-order valence-corrected chi connectivity index (χ4v) is 2.30. The number of nitrogens with zero attached hydrogens (tertiary/aromatic N) is 4. The number of aryl methyl sites for hydroxylation is 1. The molecule has 8 heteroatoms. The van der Waals surface area contributed by atoms with E-state index in [9.17, 15) is 4.79 Å². The summed E-state index contributed by atoms with van der Waals surface area (Å²) in [5, 5.41) is 9.11. The second-order valence-electron chi connectivity index (χ2n) is 3.77. The molecule has 1 aromatic rings. The molecule has 0 aromatic carbocycles. The number of esters is 1. The summed E-state index contributed by atoms with van der Waals surface area (Å²) in [6.07, 6.45) is 0.657. The molecule has 1 atom stereocenters. The van der Waals surface area contributed by atoms with Crippen LogP contribution in [-0.2, 0) is 9.53 Å². The molecule has 0 amide bonds. The minimum absolute atomic E-state index is 0.333. The summed E-state index contributed by atoms with van der Waals surface area (Å²) in [5.41, 5.74) is 9.05. The molecule has 1 aromatic heterocycles. The smallest absolute Gasteiger partial charge is 0.330 e. The van der Waals surface area contributed by atoms with Crippen LogP contribution in [0.4, 0.5) is 0 Å². The minimum atomic E-state index is -0.551. The lowest BCUT2D eigenvalue weighted by molar-refractivity contribution is -0.145. The monoisotopic (exact) mass is 283 g/mol. The van der Waals surface area contributed by atoms with Crippen molar-refractivity contribution < 1.29 is 9.53 Å². The highest BCUT2D eigenvalue weighted by Gasteiger charge is 2.24. The van der Waals surface area contributed by atoms with E-state index in [0.717, 1.165) is 5.69 Å². The number of thiazole rings is 1. The van der Waals surface area contributed by atoms with Gasteiger partial charge in [-0.2, -0.15) is 0 Å². The lowest BCUT2D eigenvalue weighted by Crippen LogP contribution is -2.31. The summed E-state index contributed by atoms with van der Waals surface area (Å²) in [5.74, 6) is -0.333. The quantitative estimate of drug-likeness (QED) is 0.260. The molecule has 0 saturated heterocycles. The molecule has 0 fully saturated rings. The lowest BCUT2D eigenvalue weighted by Gasteiger charge is -2.14. The Balaban J connectivity index is 2.59. The summed E-state index contributed by atoms with van der Waals surface area (Å²) in [7, 11) is 0. The average molecular weight is 283 g/mol. The number of azide groups is 1. The van der Waals surface area contributed by atoms with Gasteiger partial charge in [0.25, 0.3) is 0 Å². The third-order valence-electron chi connectivity index (χ3n) is 2.25. The zero-order valence-corrected chi connectivity index (χ0v) is 11.8. The van der Waals surface area contributed by atoms with Gasteiger partial charge >= 0.3 is 5.97 Å². The third-order valence-corrected chi connectivity index (χ3v) is 3.28. The number of carbonyl (C=O) groups excluding carboxylic acids is 1. The largest absolute Gasteiger partial charge is 0.465 e. The van der Waals surface area contributed by atoms with E-state index in [2.05, 4.69) is 20.3 Å². The molecule has 0 bridgehead atoms. The topological polar surface area (TPSA) is 100.0 Å². The molecule has 0 aliphatic heterocycles. The van der Waals surface area contributed by atoms with Crippen LogP contribution in [0, 0.1) is 6.92 Å². The van der Waals surface area contributed by atoms with Crippen LogP contribution < -0.4 is 5.32 Å². The Bertz CT molecular complexity index is 456. The number of nitrogens with one attached hydrogen (secondary N) is 1. The van der Waals surface area contributed by atoms with Gasteiger partial charge in [-0.15, -0.1) is 11.3 Å². The molecule has 19 heavy (non-hydrogen) atoms. The number of ether oxygens (including phenoxy) is 1. The molecular weight excluding hydrogens is 266 g/mol. The first-order valence-corrected chi connectivity index (χ1v) is 6.90. The fraction of sp³-hybridized carbons (Fsp3) is 0.636. The van der Waals surface area contributed by atoms with Crippen LogP contribution in [0.5, 0.6) is 0 Å². The van der Waals surface area contributed by atoms with E-state index in [1.807, 2.05) is 12.3 Å². The first-order valence-electron chi connectivity index (χ1n) is 6.02. The van der Waals surface area contributed by atoms with E-state index in [4.69, 9.17) is 10.3 Å². The third kappa shape index (κ3) is 5.25. The van der Waals surface area contributed by atoms with Crippen LogP contribution in [0.3, 0.4) is 0 Å². The summed E-state index contributed by atoms with van der Waals surface area (Å²) >= 11 is 1.42. The van der Waals surface area contributed by atoms with E-state index in [1.165, 1.54) is 11.3 Å². The van der Waals surface area contributed by atoms with Gasteiger partial charge in [0.2, 0.25) is 0 Å². The molecule has 0 aliphatic carbocycles. The van der Waals surface area contributed by atoms with Gasteiger partial charge in [-0.3, -0.25) is 5.32 Å². The molecule has 1 unspecified atom stereocenters. The number of aromatic nitrogens is 1. The van der Waals surface area contributed by atoms with Crippen molar-refractivity contribution in [1.29, 1.82) is 0 Å². The molecule has 7 nitrogen and oxygen atoms in total. The summed E-state index contributed by atoms with van der Waals surface area (Å²) < 4.78 is 5.03. The van der Waals surface area contributed by atoms with Crippen LogP contribution in [0.2, 0.25) is 0 Å². The summed E-state index contributed by atoms with van der Waals surface area (Å²) in [6, 6.07) is -0.551. The van der Waals surface area contributed by atoms with Crippen LogP contribution in [0.15, 0.2) is 10.5 Å². The van der Waals surface area contributed by atoms with Crippen molar-refractivity contribution in [3.8, 4) is 0 Å². The van der Waals surface area contributed by atoms with Gasteiger partial charge in [-0.1, -0.05) is 5.11 Å². The Morgan fingerprint density at radius 3 is 3.11 bits per heavy atom. The van der Waals surface area contributed by atoms with Crippen molar-refractivity contribution in [3.05, 3.63) is 26.5 Å². The molecule has 0 spiro atoms. The van der Waals surface area contributed by atoms with Gasteiger partial charge in [0.15, 0.2) is 6.04 Å². The van der Waals surface area contributed by atoms with E-state index >= 15 is 0 Å². The minimum Gasteiger partial charge on any atom is -0.465 e. The highest BCUT2D eigenvalue weighted by atomic mass is 32.1. The first-order chi connectivity index (χ1) is 9.19. The lowest BCUT2D eigenvalue weighted by atomic mass is 10.3. The summed E-state index contributed by atoms with van der Waals surface area (Å²) in [6.45, 7) is 4.94. The Hall–Kier alpha value is -1.63. The van der Waals surface area contributed by atoms with Gasteiger partial charge in [-0.25, -0.2) is 9.78 Å². The first kappa shape index (κ1) is 15.4. The van der Waals surface area contributed by atoms with Gasteiger partial charge in [0.1, 0.15) is 5.01 Å². The van der Waals surface area contributed by atoms with Crippen LogP contribution in [-0.4, -0.2) is 30.6 Å². The normalized spacial score (nSPS) is 11.7. The highest BCUT2D eigenvalue weighted by molar-refractivity contribution is 7.09. The highest BCUT2D eigenvalue weighted by Crippen LogP contribution is 2.19. The van der Waals surface area contributed by atoms with Crippen LogP contribution >= 0.6 is 11.3 Å². The standard InChI is InChI=1S/C11H17N5O2S/c1-3-18-11(17)9(10-15-8(2)7-19-10)13-5-4-6-14-16-12/h7,9,13H,3-6H2,1-2H3. The molecule has 0 radical (unpaired) electrons. The maximum Gasteiger partial charge on any atom is 0.330 e. The zero-order chi connectivity index (χ0) is 14.1. The van der Waals surface area contributed by atoms with E-state index in [1.54, 1.807) is 6.92 Å². The van der Waals surface area contributed by atoms with E-state index < -0.39 is 6.04 Å². The van der Waals surface area contributed by atoms with Crippen molar-refractivity contribution in [2.45, 2.75) is 26.3 Å². The van der Waals surface area contributed by atoms with Crippen LogP contribution in [0.1, 0.15) is 30.1 Å². The number of hydrogen-bond donors (Lipinski definition) is 1. The van der Waals surface area contributed by atoms with Crippen molar-refractivity contribution in [2.75, 3.05) is 19.7 Å². The molecule has 104 valence electrons. The average Bonchev–Trinajstić information content (AvgIpc) is 2.80. The predicted molar refractivity (Wildman–Crippen MR) is 72.9 cm³/mol. The van der Waals surface area contributed by atoms with Gasteiger partial charge < -0.3 is 4.74 Å². The molecule has 1 heterocycles. The zero-order valence-electron chi connectivity index (χ0n) is 11.0. The SMILES string of the molecule is CCOC(=O)C(NCCCN=[N+]=[N-])c1nc(C)cs1. The number of carbonyl (C=O) groups is 1. The van der Waals surface area contributed by atoms with Crippen LogP contribution in [0.25, 0.3) is 10.4 Å². The van der Waals surface area contributed by atoms with Crippen molar-refractivity contribution >= 4 is 17.3 Å². The fourth-order valence-electron chi connectivity index (χ4n) is 1.44. The molecular formula is C11H17N5O2S. The van der Waals surface area contributed by atoms with Crippen molar-refractivity contribution in [3.63, 3.8) is 0 Å². The molecule has 1 rings (SSSR count). The Labute approximate surface area is 115 Å². The van der Waals surface area contributed by atoms with E-state index in [-0.39, 0.29) is 5.97 Å². The predicted octanol–water partition coefficient (Wildman–Crippen LogP) is 2.35. The summed E-state index contributed by atoms with van der Waals surface area (Å²) in [4.78, 5) is 18.8. The Morgan fingerprint density at radius 2 is 2.53 bits per heavy atom. The van der Waals surface area contributed by atoms with Gasteiger partial charge in [0.05, 0.1) is 6.61 Å².